The normalized spacial score (nSPS) is 15.2. The summed E-state index contributed by atoms with van der Waals surface area (Å²) in [6, 6.07) is 10.7. The Morgan fingerprint density at radius 2 is 1.93 bits per heavy atom. The van der Waals surface area contributed by atoms with Gasteiger partial charge in [0, 0.05) is 26.2 Å². The predicted molar refractivity (Wildman–Crippen MR) is 101 cm³/mol. The smallest absolute Gasteiger partial charge is 0.241 e. The number of piperazine rings is 1. The fraction of sp³-hybridized carbons (Fsp3) is 0.316. The highest BCUT2D eigenvalue weighted by molar-refractivity contribution is 7.13. The van der Waals surface area contributed by atoms with Crippen LogP contribution in [0.3, 0.4) is 0 Å². The molecule has 0 radical (unpaired) electrons. The minimum atomic E-state index is 0.109. The van der Waals surface area contributed by atoms with Gasteiger partial charge in [-0.25, -0.2) is 0 Å². The second-order valence-corrected chi connectivity index (χ2v) is 7.44. The number of aromatic nitrogens is 2. The second kappa shape index (κ2) is 7.89. The molecule has 8 heteroatoms. The number of rotatable bonds is 5. The Morgan fingerprint density at radius 1 is 1.15 bits per heavy atom. The van der Waals surface area contributed by atoms with Crippen molar-refractivity contribution in [3.05, 3.63) is 53.2 Å². The maximum absolute atomic E-state index is 12.5. The Bertz CT molecular complexity index is 884. The van der Waals surface area contributed by atoms with Gasteiger partial charge in [0.25, 0.3) is 0 Å². The lowest BCUT2D eigenvalue weighted by Crippen LogP contribution is -2.48. The molecular weight excluding hydrogens is 364 g/mol. The van der Waals surface area contributed by atoms with Crippen molar-refractivity contribution in [2.24, 2.45) is 0 Å². The van der Waals surface area contributed by atoms with E-state index in [1.807, 2.05) is 22.4 Å². The van der Waals surface area contributed by atoms with Crippen LogP contribution in [-0.2, 0) is 17.8 Å². The van der Waals surface area contributed by atoms with Crippen LogP contribution in [0.25, 0.3) is 10.7 Å². The van der Waals surface area contributed by atoms with Crippen LogP contribution in [0.5, 0.6) is 5.75 Å². The van der Waals surface area contributed by atoms with E-state index >= 15 is 0 Å². The number of amides is 1. The van der Waals surface area contributed by atoms with Crippen molar-refractivity contribution < 1.29 is 14.4 Å². The van der Waals surface area contributed by atoms with Gasteiger partial charge in [-0.1, -0.05) is 23.4 Å². The first-order valence-electron chi connectivity index (χ1n) is 8.82. The van der Waals surface area contributed by atoms with Gasteiger partial charge in [-0.05, 0) is 29.1 Å². The molecular formula is C19H20N4O3S. The summed E-state index contributed by atoms with van der Waals surface area (Å²) in [6.45, 7) is 3.51. The number of hydrogen-bond donors (Lipinski definition) is 1. The van der Waals surface area contributed by atoms with Crippen molar-refractivity contribution in [2.45, 2.75) is 13.0 Å². The number of thiophene rings is 1. The van der Waals surface area contributed by atoms with Gasteiger partial charge in [0.15, 0.2) is 0 Å². The largest absolute Gasteiger partial charge is 0.508 e. The number of phenols is 1. The predicted octanol–water partition coefficient (Wildman–Crippen LogP) is 2.39. The average Bonchev–Trinajstić information content (AvgIpc) is 3.36. The Morgan fingerprint density at radius 3 is 2.63 bits per heavy atom. The summed E-state index contributed by atoms with van der Waals surface area (Å²) in [5.41, 5.74) is 0.909. The van der Waals surface area contributed by atoms with E-state index in [1.165, 1.54) is 0 Å². The molecule has 27 heavy (non-hydrogen) atoms. The van der Waals surface area contributed by atoms with Gasteiger partial charge in [-0.3, -0.25) is 9.69 Å². The Labute approximate surface area is 160 Å². The number of nitrogens with zero attached hydrogens (tertiary/aromatic N) is 4. The molecule has 2 aromatic heterocycles. The number of phenolic OH excluding ortho intramolecular Hbond substituents is 1. The van der Waals surface area contributed by atoms with Crippen LogP contribution < -0.4 is 0 Å². The first kappa shape index (κ1) is 17.7. The fourth-order valence-corrected chi connectivity index (χ4v) is 3.72. The minimum absolute atomic E-state index is 0.109. The van der Waals surface area contributed by atoms with Gasteiger partial charge >= 0.3 is 0 Å². The summed E-state index contributed by atoms with van der Waals surface area (Å²) in [4.78, 5) is 22.0. The van der Waals surface area contributed by atoms with Gasteiger partial charge in [0.05, 0.1) is 17.8 Å². The summed E-state index contributed by atoms with van der Waals surface area (Å²) in [7, 11) is 0. The van der Waals surface area contributed by atoms with Crippen molar-refractivity contribution in [2.75, 3.05) is 26.2 Å². The number of carbonyl (C=O) groups is 1. The molecule has 3 aromatic rings. The molecule has 0 saturated carbocycles. The molecule has 3 heterocycles. The highest BCUT2D eigenvalue weighted by atomic mass is 32.1. The monoisotopic (exact) mass is 384 g/mol. The van der Waals surface area contributed by atoms with Crippen LogP contribution >= 0.6 is 11.3 Å². The van der Waals surface area contributed by atoms with Crippen LogP contribution in [-0.4, -0.2) is 57.1 Å². The fourth-order valence-electron chi connectivity index (χ4n) is 3.07. The minimum Gasteiger partial charge on any atom is -0.508 e. The molecule has 7 nitrogen and oxygen atoms in total. The van der Waals surface area contributed by atoms with Crippen molar-refractivity contribution in [3.63, 3.8) is 0 Å². The lowest BCUT2D eigenvalue weighted by Gasteiger charge is -2.34. The van der Waals surface area contributed by atoms with Crippen molar-refractivity contribution in [3.8, 4) is 16.5 Å². The summed E-state index contributed by atoms with van der Waals surface area (Å²) < 4.78 is 5.36. The van der Waals surface area contributed by atoms with Crippen LogP contribution in [0.1, 0.15) is 11.5 Å². The van der Waals surface area contributed by atoms with E-state index in [0.717, 1.165) is 23.5 Å². The lowest BCUT2D eigenvalue weighted by molar-refractivity contribution is -0.132. The number of hydrogen-bond acceptors (Lipinski definition) is 7. The van der Waals surface area contributed by atoms with Crippen LogP contribution in [0.2, 0.25) is 0 Å². The molecule has 1 saturated heterocycles. The zero-order chi connectivity index (χ0) is 18.6. The third kappa shape index (κ3) is 4.35. The SMILES string of the molecule is O=C(Cc1ccc(O)cc1)N1CCN(Cc2nc(-c3cccs3)no2)CC1. The van der Waals surface area contributed by atoms with Crippen molar-refractivity contribution in [1.82, 2.24) is 19.9 Å². The average molecular weight is 384 g/mol. The number of aromatic hydroxyl groups is 1. The third-order valence-corrected chi connectivity index (χ3v) is 5.45. The maximum atomic E-state index is 12.5. The Kier molecular flexibility index (Phi) is 5.17. The van der Waals surface area contributed by atoms with Crippen molar-refractivity contribution >= 4 is 17.2 Å². The van der Waals surface area contributed by atoms with E-state index in [9.17, 15) is 9.90 Å². The van der Waals surface area contributed by atoms with Crippen LogP contribution in [0, 0.1) is 0 Å². The molecule has 0 bridgehead atoms. The van der Waals surface area contributed by atoms with E-state index in [-0.39, 0.29) is 11.7 Å². The van der Waals surface area contributed by atoms with E-state index in [1.54, 1.807) is 35.6 Å². The van der Waals surface area contributed by atoms with E-state index in [0.29, 0.717) is 37.8 Å². The van der Waals surface area contributed by atoms with Gasteiger partial charge in [0.1, 0.15) is 5.75 Å². The molecule has 0 aliphatic carbocycles. The third-order valence-electron chi connectivity index (χ3n) is 4.59. The van der Waals surface area contributed by atoms with Crippen molar-refractivity contribution in [1.29, 1.82) is 0 Å². The van der Waals surface area contributed by atoms with Gasteiger partial charge in [-0.15, -0.1) is 11.3 Å². The van der Waals surface area contributed by atoms with Gasteiger partial charge in [-0.2, -0.15) is 4.98 Å². The molecule has 1 amide bonds. The zero-order valence-electron chi connectivity index (χ0n) is 14.7. The van der Waals surface area contributed by atoms with Gasteiger partial charge < -0.3 is 14.5 Å². The molecule has 0 atom stereocenters. The highest BCUT2D eigenvalue weighted by Crippen LogP contribution is 2.21. The first-order valence-corrected chi connectivity index (χ1v) is 9.70. The summed E-state index contributed by atoms with van der Waals surface area (Å²) in [5.74, 6) is 1.55. The lowest BCUT2D eigenvalue weighted by atomic mass is 10.1. The van der Waals surface area contributed by atoms with E-state index < -0.39 is 0 Å². The molecule has 1 aliphatic heterocycles. The quantitative estimate of drug-likeness (QED) is 0.727. The standard InChI is InChI=1S/C19H20N4O3S/c24-15-5-3-14(4-6-15)12-18(25)23-9-7-22(8-10-23)13-17-20-19(21-26-17)16-2-1-11-27-16/h1-6,11,24H,7-10,12-13H2. The zero-order valence-corrected chi connectivity index (χ0v) is 15.6. The first-order chi connectivity index (χ1) is 13.2. The van der Waals surface area contributed by atoms with E-state index in [2.05, 4.69) is 15.0 Å². The molecule has 140 valence electrons. The molecule has 0 unspecified atom stereocenters. The summed E-state index contributed by atoms with van der Waals surface area (Å²) in [6.07, 6.45) is 0.355. The van der Waals surface area contributed by atoms with Crippen LogP contribution in [0.15, 0.2) is 46.3 Å². The van der Waals surface area contributed by atoms with Gasteiger partial charge in [0.2, 0.25) is 17.6 Å². The summed E-state index contributed by atoms with van der Waals surface area (Å²) in [5, 5.41) is 15.3. The topological polar surface area (TPSA) is 82.7 Å². The van der Waals surface area contributed by atoms with Crippen LogP contribution in [0.4, 0.5) is 0 Å². The molecule has 1 N–H and O–H groups in total. The van der Waals surface area contributed by atoms with E-state index in [4.69, 9.17) is 4.52 Å². The number of benzene rings is 1. The Hall–Kier alpha value is -2.71. The highest BCUT2D eigenvalue weighted by Gasteiger charge is 2.22. The molecule has 4 rings (SSSR count). The second-order valence-electron chi connectivity index (χ2n) is 6.49. The maximum Gasteiger partial charge on any atom is 0.241 e. The molecule has 0 spiro atoms. The molecule has 1 aromatic carbocycles. The molecule has 1 aliphatic rings. The Balaban J connectivity index is 1.27. The summed E-state index contributed by atoms with van der Waals surface area (Å²) >= 11 is 1.58. The molecule has 1 fully saturated rings. The number of carbonyl (C=O) groups excluding carboxylic acids is 1.